The smallest absolute Gasteiger partial charge is 0.410 e. The second kappa shape index (κ2) is 19.4. The van der Waals surface area contributed by atoms with Gasteiger partial charge in [-0.15, -0.1) is 0 Å². The number of likely N-dealkylation sites (tertiary alicyclic amines) is 1. The monoisotopic (exact) mass is 1020 g/mol. The van der Waals surface area contributed by atoms with E-state index in [4.69, 9.17) is 15.4 Å². The van der Waals surface area contributed by atoms with Gasteiger partial charge < -0.3 is 15.0 Å². The van der Waals surface area contributed by atoms with E-state index >= 15 is 0 Å². The zero-order valence-corrected chi connectivity index (χ0v) is 40.4. The lowest BCUT2D eigenvalue weighted by atomic mass is 9.92. The number of aromatic nitrogens is 3. The van der Waals surface area contributed by atoms with Crippen molar-refractivity contribution in [2.24, 2.45) is 11.8 Å². The minimum absolute atomic E-state index is 0.0255. The summed E-state index contributed by atoms with van der Waals surface area (Å²) in [5.74, 6) is -1.59. The van der Waals surface area contributed by atoms with Crippen LogP contribution in [-0.4, -0.2) is 117 Å². The molecular weight excluding hydrogens is 967 g/mol. The third-order valence-electron chi connectivity index (χ3n) is 12.5. The molecule has 0 radical (unpaired) electrons. The number of hydrogen-bond donors (Lipinski definition) is 1. The van der Waals surface area contributed by atoms with Crippen LogP contribution in [0.5, 0.6) is 0 Å². The molecular formula is C46H49ClF3N7O8S3. The van der Waals surface area contributed by atoms with E-state index < -0.39 is 58.2 Å². The van der Waals surface area contributed by atoms with Gasteiger partial charge in [-0.05, 0) is 83.0 Å². The van der Waals surface area contributed by atoms with E-state index in [1.807, 2.05) is 20.8 Å². The number of benzene rings is 3. The lowest BCUT2D eigenvalue weighted by Gasteiger charge is -2.37. The molecule has 0 spiro atoms. The predicted molar refractivity (Wildman–Crippen MR) is 250 cm³/mol. The molecule has 1 amide bonds. The topological polar surface area (TPSA) is 189 Å². The standard InChI is InChI=1S/C21H26FN3O4S.C16H18FN3O2S.C9H5ClFNO2S/c1-21(2,3)29-20(26)25-9-5-7-15-12-24(13-17(15)25)30(27,28)18-8-4-6-14-10-23-11-16(22)19(14)18;17-13-8-18-7-11-3-1-5-15(16(11)13)23(21,22)20-9-12-4-2-6-19-14(12)10-20;10-15(13,14)8-3-1-2-6-4-12-5-7(11)9(6)8/h4,6,8,10-11,15,17H,5,7,9,12-13H2,1-3H3;1,3,5,7-8,12,14,19H,2,4,6,9-10H2;1-5H. The van der Waals surface area contributed by atoms with Crippen LogP contribution in [-0.2, 0) is 33.8 Å². The molecule has 4 saturated heterocycles. The maximum atomic E-state index is 14.5. The molecule has 4 fully saturated rings. The van der Waals surface area contributed by atoms with E-state index in [9.17, 15) is 43.2 Å². The average molecular weight is 1020 g/mol. The number of halogens is 4. The van der Waals surface area contributed by atoms with Crippen molar-refractivity contribution in [3.05, 3.63) is 109 Å². The van der Waals surface area contributed by atoms with Gasteiger partial charge >= 0.3 is 6.09 Å². The van der Waals surface area contributed by atoms with Crippen LogP contribution in [0, 0.1) is 29.3 Å². The Morgan fingerprint density at radius 2 is 1.10 bits per heavy atom. The minimum Gasteiger partial charge on any atom is -0.444 e. The first-order valence-corrected chi connectivity index (χ1v) is 27.1. The van der Waals surface area contributed by atoms with E-state index in [1.165, 1.54) is 51.5 Å². The Hall–Kier alpha value is -5.03. The third-order valence-corrected chi connectivity index (χ3v) is 17.6. The van der Waals surface area contributed by atoms with Gasteiger partial charge in [-0.1, -0.05) is 36.4 Å². The number of rotatable bonds is 5. The van der Waals surface area contributed by atoms with Gasteiger partial charge in [0.25, 0.3) is 9.05 Å². The van der Waals surface area contributed by atoms with Gasteiger partial charge in [0, 0.05) is 100 Å². The maximum Gasteiger partial charge on any atom is 0.410 e. The number of nitrogens with zero attached hydrogens (tertiary/aromatic N) is 6. The first-order chi connectivity index (χ1) is 32.1. The van der Waals surface area contributed by atoms with E-state index in [0.717, 1.165) is 50.8 Å². The SMILES string of the molecule is CC(C)(C)OC(=O)N1CCCC2CN(S(=O)(=O)c3cccc4cncc(F)c34)CC21.O=S(=O)(Cl)c1cccc2cncc(F)c12.O=S(=O)(c1cccc2cncc(F)c12)N1CC2CCCNC2C1. The lowest BCUT2D eigenvalue weighted by Crippen LogP contribution is -2.50. The third kappa shape index (κ3) is 10.2. The molecule has 0 aliphatic carbocycles. The maximum absolute atomic E-state index is 14.5. The normalized spacial score (nSPS) is 21.4. The number of sulfonamides is 2. The van der Waals surface area contributed by atoms with Crippen molar-refractivity contribution in [2.75, 3.05) is 39.3 Å². The number of carbonyl (C=O) groups is 1. The second-order valence-electron chi connectivity index (χ2n) is 18.1. The fraction of sp³-hybridized carbons (Fsp3) is 0.391. The van der Waals surface area contributed by atoms with E-state index in [-0.39, 0.29) is 55.4 Å². The van der Waals surface area contributed by atoms with Gasteiger partial charge in [0.2, 0.25) is 20.0 Å². The van der Waals surface area contributed by atoms with Gasteiger partial charge in [-0.2, -0.15) is 8.61 Å². The molecule has 10 rings (SSSR count). The molecule has 15 nitrogen and oxygen atoms in total. The molecule has 4 unspecified atom stereocenters. The molecule has 4 aliphatic heterocycles. The van der Waals surface area contributed by atoms with E-state index in [2.05, 4.69) is 20.3 Å². The number of amides is 1. The molecule has 362 valence electrons. The van der Waals surface area contributed by atoms with Gasteiger partial charge in [0.05, 0.1) is 39.3 Å². The molecule has 3 aromatic carbocycles. The zero-order valence-electron chi connectivity index (χ0n) is 37.2. The van der Waals surface area contributed by atoms with Crippen molar-refractivity contribution < 1.29 is 48.0 Å². The molecule has 7 heterocycles. The Bertz CT molecular complexity index is 3210. The Kier molecular flexibility index (Phi) is 14.1. The van der Waals surface area contributed by atoms with E-state index in [1.54, 1.807) is 35.2 Å². The number of carbonyl (C=O) groups excluding carboxylic acids is 1. The number of pyridine rings is 3. The summed E-state index contributed by atoms with van der Waals surface area (Å²) in [4.78, 5) is 25.3. The number of ether oxygens (including phenoxy) is 1. The largest absolute Gasteiger partial charge is 0.444 e. The van der Waals surface area contributed by atoms with Crippen LogP contribution in [0.3, 0.4) is 0 Å². The number of piperidine rings is 2. The molecule has 3 aromatic heterocycles. The average Bonchev–Trinajstić information content (AvgIpc) is 3.95. The Morgan fingerprint density at radius 3 is 1.59 bits per heavy atom. The van der Waals surface area contributed by atoms with Gasteiger partial charge in [0.1, 0.15) is 5.60 Å². The molecule has 1 N–H and O–H groups in total. The highest BCUT2D eigenvalue weighted by Gasteiger charge is 2.46. The molecule has 0 saturated carbocycles. The molecule has 22 heteroatoms. The van der Waals surface area contributed by atoms with Gasteiger partial charge in [-0.25, -0.2) is 43.2 Å². The van der Waals surface area contributed by atoms with Crippen LogP contribution in [0.1, 0.15) is 46.5 Å². The summed E-state index contributed by atoms with van der Waals surface area (Å²) in [6.45, 7) is 8.33. The van der Waals surface area contributed by atoms with E-state index in [0.29, 0.717) is 48.3 Å². The van der Waals surface area contributed by atoms with Crippen LogP contribution in [0.15, 0.2) is 106 Å². The number of hydrogen-bond acceptors (Lipinski definition) is 12. The van der Waals surface area contributed by atoms with Gasteiger partial charge in [-0.3, -0.25) is 15.0 Å². The summed E-state index contributed by atoms with van der Waals surface area (Å²) in [7, 11) is -6.42. The molecule has 0 bridgehead atoms. The van der Waals surface area contributed by atoms with Crippen molar-refractivity contribution >= 4 is 78.2 Å². The minimum atomic E-state index is -3.95. The first-order valence-electron chi connectivity index (χ1n) is 21.9. The summed E-state index contributed by atoms with van der Waals surface area (Å²) < 4.78 is 126. The number of nitrogens with one attached hydrogen (secondary N) is 1. The van der Waals surface area contributed by atoms with Crippen molar-refractivity contribution in [3.63, 3.8) is 0 Å². The highest BCUT2D eigenvalue weighted by Crippen LogP contribution is 2.37. The van der Waals surface area contributed by atoms with Crippen LogP contribution in [0.4, 0.5) is 18.0 Å². The fourth-order valence-corrected chi connectivity index (χ4v) is 14.0. The second-order valence-corrected chi connectivity index (χ2v) is 24.5. The Morgan fingerprint density at radius 1 is 0.647 bits per heavy atom. The van der Waals surface area contributed by atoms with Crippen molar-refractivity contribution in [1.29, 1.82) is 0 Å². The summed E-state index contributed by atoms with van der Waals surface area (Å²) >= 11 is 0. The molecule has 68 heavy (non-hydrogen) atoms. The van der Waals surface area contributed by atoms with Crippen molar-refractivity contribution in [2.45, 2.75) is 78.8 Å². The van der Waals surface area contributed by atoms with Gasteiger partial charge in [0.15, 0.2) is 17.5 Å². The molecule has 6 aromatic rings. The van der Waals surface area contributed by atoms with Crippen molar-refractivity contribution in [3.8, 4) is 0 Å². The summed E-state index contributed by atoms with van der Waals surface area (Å²) in [6.07, 6.45) is 10.7. The quantitative estimate of drug-likeness (QED) is 0.168. The highest BCUT2D eigenvalue weighted by atomic mass is 35.7. The van der Waals surface area contributed by atoms with Crippen LogP contribution < -0.4 is 5.32 Å². The Balaban J connectivity index is 0.000000146. The summed E-state index contributed by atoms with van der Waals surface area (Å²) in [5, 5.41) is 4.88. The highest BCUT2D eigenvalue weighted by molar-refractivity contribution is 8.14. The Labute approximate surface area is 397 Å². The molecule has 4 aliphatic rings. The van der Waals surface area contributed by atoms with Crippen LogP contribution >= 0.6 is 10.7 Å². The van der Waals surface area contributed by atoms with Crippen molar-refractivity contribution in [1.82, 2.24) is 33.8 Å². The van der Waals surface area contributed by atoms with Crippen LogP contribution in [0.25, 0.3) is 32.3 Å². The zero-order chi connectivity index (χ0) is 48.8. The molecule has 4 atom stereocenters. The van der Waals surface area contributed by atoms with Crippen LogP contribution in [0.2, 0.25) is 0 Å². The number of fused-ring (bicyclic) bond motifs is 5. The fourth-order valence-electron chi connectivity index (χ4n) is 9.48. The summed E-state index contributed by atoms with van der Waals surface area (Å²) in [5.41, 5.74) is -0.622. The summed E-state index contributed by atoms with van der Waals surface area (Å²) in [6, 6.07) is 13.7. The first kappa shape index (κ1) is 49.4. The predicted octanol–water partition coefficient (Wildman–Crippen LogP) is 7.44. The lowest BCUT2D eigenvalue weighted by molar-refractivity contribution is 0.00641.